The highest BCUT2D eigenvalue weighted by Crippen LogP contribution is 2.21. The summed E-state index contributed by atoms with van der Waals surface area (Å²) < 4.78 is 7.41. The third kappa shape index (κ3) is 3.89. The molecule has 1 aliphatic heterocycles. The van der Waals surface area contributed by atoms with E-state index in [2.05, 4.69) is 27.7 Å². The van der Waals surface area contributed by atoms with Gasteiger partial charge in [0.05, 0.1) is 18.5 Å². The average molecular weight is 333 g/mol. The number of aryl methyl sites for hydroxylation is 1. The minimum atomic E-state index is 0.0420. The smallest absolute Gasteiger partial charge is 0.232 e. The second kappa shape index (κ2) is 7.10. The van der Waals surface area contributed by atoms with Crippen LogP contribution in [0.15, 0.2) is 29.4 Å². The molecule has 122 valence electrons. The topological polar surface area (TPSA) is 73.1 Å². The Labute approximate surface area is 139 Å². The first-order valence-corrected chi connectivity index (χ1v) is 8.39. The zero-order valence-electron chi connectivity index (χ0n) is 13.2. The van der Waals surface area contributed by atoms with Crippen LogP contribution in [0, 0.1) is 0 Å². The number of hydrogen-bond donors (Lipinski definition) is 0. The van der Waals surface area contributed by atoms with Gasteiger partial charge in [0.25, 0.3) is 0 Å². The quantitative estimate of drug-likeness (QED) is 0.757. The lowest BCUT2D eigenvalue weighted by atomic mass is 9.99. The summed E-state index contributed by atoms with van der Waals surface area (Å²) in [6, 6.07) is 8.29. The van der Waals surface area contributed by atoms with Gasteiger partial charge in [0.1, 0.15) is 0 Å². The van der Waals surface area contributed by atoms with E-state index in [-0.39, 0.29) is 12.0 Å². The zero-order chi connectivity index (χ0) is 16.2. The largest absolute Gasteiger partial charge is 0.371 e. The van der Waals surface area contributed by atoms with Gasteiger partial charge in [0.2, 0.25) is 11.1 Å². The van der Waals surface area contributed by atoms with Crippen molar-refractivity contribution < 1.29 is 9.53 Å². The van der Waals surface area contributed by atoms with Gasteiger partial charge in [-0.3, -0.25) is 4.79 Å². The Bertz CT molecular complexity index is 690. The summed E-state index contributed by atoms with van der Waals surface area (Å²) in [5.41, 5.74) is 2.55. The van der Waals surface area contributed by atoms with Crippen LogP contribution in [0.3, 0.4) is 0 Å². The van der Waals surface area contributed by atoms with Crippen molar-refractivity contribution in [1.82, 2.24) is 25.1 Å². The molecule has 0 saturated carbocycles. The number of fused-ring (bicyclic) bond motifs is 1. The number of benzene rings is 1. The first-order chi connectivity index (χ1) is 11.1. The van der Waals surface area contributed by atoms with Crippen molar-refractivity contribution in [2.45, 2.75) is 24.3 Å². The molecular weight excluding hydrogens is 314 g/mol. The van der Waals surface area contributed by atoms with Crippen molar-refractivity contribution in [3.05, 3.63) is 35.4 Å². The van der Waals surface area contributed by atoms with Crippen molar-refractivity contribution in [2.24, 2.45) is 7.05 Å². The maximum Gasteiger partial charge on any atom is 0.232 e. The van der Waals surface area contributed by atoms with E-state index in [0.717, 1.165) is 6.42 Å². The van der Waals surface area contributed by atoms with Crippen molar-refractivity contribution in [1.29, 1.82) is 0 Å². The Morgan fingerprint density at radius 2 is 2.22 bits per heavy atom. The van der Waals surface area contributed by atoms with Crippen molar-refractivity contribution in [3.63, 3.8) is 0 Å². The minimum Gasteiger partial charge on any atom is -0.371 e. The number of likely N-dealkylation sites (N-methyl/N-ethyl adjacent to an activating group) is 1. The Kier molecular flexibility index (Phi) is 4.92. The fraction of sp³-hybridized carbons (Fsp3) is 0.467. The highest BCUT2D eigenvalue weighted by molar-refractivity contribution is 7.99. The average Bonchev–Trinajstić information content (AvgIpc) is 2.97. The second-order valence-corrected chi connectivity index (χ2v) is 6.50. The third-order valence-corrected chi connectivity index (χ3v) is 4.85. The van der Waals surface area contributed by atoms with Crippen LogP contribution in [0.2, 0.25) is 0 Å². The minimum absolute atomic E-state index is 0.0420. The van der Waals surface area contributed by atoms with E-state index in [9.17, 15) is 4.79 Å². The molecule has 0 radical (unpaired) electrons. The van der Waals surface area contributed by atoms with Crippen LogP contribution in [-0.2, 0) is 29.6 Å². The van der Waals surface area contributed by atoms with Gasteiger partial charge < -0.3 is 9.64 Å². The Balaban J connectivity index is 1.50. The predicted octanol–water partition coefficient (Wildman–Crippen LogP) is 0.902. The molecule has 0 N–H and O–H groups in total. The van der Waals surface area contributed by atoms with Gasteiger partial charge in [-0.1, -0.05) is 36.0 Å². The summed E-state index contributed by atoms with van der Waals surface area (Å²) in [5, 5.41) is 11.8. The van der Waals surface area contributed by atoms with E-state index in [0.29, 0.717) is 24.1 Å². The zero-order valence-corrected chi connectivity index (χ0v) is 14.0. The summed E-state index contributed by atoms with van der Waals surface area (Å²) in [7, 11) is 3.56. The van der Waals surface area contributed by atoms with Crippen LogP contribution in [0.5, 0.6) is 0 Å². The lowest BCUT2D eigenvalue weighted by Gasteiger charge is -2.29. The van der Waals surface area contributed by atoms with Gasteiger partial charge in [-0.25, -0.2) is 4.68 Å². The van der Waals surface area contributed by atoms with E-state index in [1.165, 1.54) is 22.9 Å². The summed E-state index contributed by atoms with van der Waals surface area (Å²) in [6.07, 6.45) is 0.883. The SMILES string of the molecule is CN(CC1Cc2ccccc2CO1)C(=O)CSc1nnnn1C. The van der Waals surface area contributed by atoms with Gasteiger partial charge in [0, 0.05) is 27.1 Å². The number of carbonyl (C=O) groups is 1. The number of hydrogen-bond acceptors (Lipinski definition) is 6. The molecule has 8 heteroatoms. The first kappa shape index (κ1) is 15.9. The molecule has 1 amide bonds. The van der Waals surface area contributed by atoms with Crippen LogP contribution in [-0.4, -0.2) is 56.5 Å². The maximum absolute atomic E-state index is 12.2. The summed E-state index contributed by atoms with van der Waals surface area (Å²) in [5.74, 6) is 0.356. The summed E-state index contributed by atoms with van der Waals surface area (Å²) >= 11 is 1.34. The van der Waals surface area contributed by atoms with Gasteiger partial charge in [-0.05, 0) is 21.6 Å². The number of carbonyl (C=O) groups excluding carboxylic acids is 1. The molecule has 1 atom stereocenters. The molecule has 1 aliphatic rings. The molecule has 0 spiro atoms. The molecule has 0 fully saturated rings. The van der Waals surface area contributed by atoms with E-state index in [1.807, 2.05) is 19.2 Å². The standard InChI is InChI=1S/C15H19N5O2S/c1-19(14(21)10-23-15-16-17-18-20(15)2)8-13-7-11-5-3-4-6-12(11)9-22-13/h3-6,13H,7-10H2,1-2H3. The Morgan fingerprint density at radius 1 is 1.43 bits per heavy atom. The number of thioether (sulfide) groups is 1. The molecule has 1 unspecified atom stereocenters. The number of rotatable bonds is 5. The molecule has 2 heterocycles. The summed E-state index contributed by atoms with van der Waals surface area (Å²) in [6.45, 7) is 1.20. The molecule has 0 aliphatic carbocycles. The molecular formula is C15H19N5O2S. The van der Waals surface area contributed by atoms with E-state index < -0.39 is 0 Å². The van der Waals surface area contributed by atoms with E-state index in [1.54, 1.807) is 16.6 Å². The molecule has 1 aromatic carbocycles. The van der Waals surface area contributed by atoms with Crippen LogP contribution in [0.25, 0.3) is 0 Å². The predicted molar refractivity (Wildman–Crippen MR) is 85.9 cm³/mol. The van der Waals surface area contributed by atoms with E-state index in [4.69, 9.17) is 4.74 Å². The van der Waals surface area contributed by atoms with Gasteiger partial charge in [0.15, 0.2) is 0 Å². The third-order valence-electron chi connectivity index (χ3n) is 3.85. The summed E-state index contributed by atoms with van der Waals surface area (Å²) in [4.78, 5) is 14.0. The lowest BCUT2D eigenvalue weighted by molar-refractivity contribution is -0.129. The fourth-order valence-corrected chi connectivity index (χ4v) is 3.30. The number of amides is 1. The normalized spacial score (nSPS) is 16.9. The molecule has 7 nitrogen and oxygen atoms in total. The first-order valence-electron chi connectivity index (χ1n) is 7.41. The molecule has 3 rings (SSSR count). The van der Waals surface area contributed by atoms with E-state index >= 15 is 0 Å². The van der Waals surface area contributed by atoms with Crippen LogP contribution in [0.1, 0.15) is 11.1 Å². The molecule has 1 aromatic heterocycles. The molecule has 2 aromatic rings. The Morgan fingerprint density at radius 3 is 2.96 bits per heavy atom. The van der Waals surface area contributed by atoms with Crippen LogP contribution < -0.4 is 0 Å². The van der Waals surface area contributed by atoms with Crippen molar-refractivity contribution in [3.8, 4) is 0 Å². The maximum atomic E-state index is 12.2. The van der Waals surface area contributed by atoms with Crippen LogP contribution >= 0.6 is 11.8 Å². The lowest BCUT2D eigenvalue weighted by Crippen LogP contribution is -2.39. The van der Waals surface area contributed by atoms with Gasteiger partial charge in [-0.15, -0.1) is 5.10 Å². The molecule has 0 saturated heterocycles. The van der Waals surface area contributed by atoms with Gasteiger partial charge >= 0.3 is 0 Å². The number of tetrazole rings is 1. The monoisotopic (exact) mass is 333 g/mol. The highest BCUT2D eigenvalue weighted by atomic mass is 32.2. The van der Waals surface area contributed by atoms with Crippen molar-refractivity contribution >= 4 is 17.7 Å². The van der Waals surface area contributed by atoms with Crippen LogP contribution in [0.4, 0.5) is 0 Å². The van der Waals surface area contributed by atoms with Crippen molar-refractivity contribution in [2.75, 3.05) is 19.3 Å². The Hall–Kier alpha value is -1.93. The molecule has 0 bridgehead atoms. The number of ether oxygens (including phenoxy) is 1. The molecule has 23 heavy (non-hydrogen) atoms. The number of aromatic nitrogens is 4. The van der Waals surface area contributed by atoms with Gasteiger partial charge in [-0.2, -0.15) is 0 Å². The highest BCUT2D eigenvalue weighted by Gasteiger charge is 2.22. The second-order valence-electron chi connectivity index (χ2n) is 5.55. The fourth-order valence-electron chi connectivity index (χ4n) is 2.51. The number of nitrogens with zero attached hydrogens (tertiary/aromatic N) is 5.